The molecule has 92 valence electrons. The van der Waals surface area contributed by atoms with Crippen molar-refractivity contribution < 1.29 is 22.1 Å². The summed E-state index contributed by atoms with van der Waals surface area (Å²) in [6, 6.07) is -0.608. The van der Waals surface area contributed by atoms with E-state index in [9.17, 15) is 9.59 Å². The Hall–Kier alpha value is -0.570. The highest BCUT2D eigenvalue weighted by Gasteiger charge is 2.41. The Morgan fingerprint density at radius 3 is 2.69 bits per heavy atom. The smallest absolute Gasteiger partial charge is 0.410 e. The van der Waals surface area contributed by atoms with Gasteiger partial charge in [-0.05, 0) is 6.92 Å². The van der Waals surface area contributed by atoms with Crippen LogP contribution in [0.2, 0.25) is 0 Å². The summed E-state index contributed by atoms with van der Waals surface area (Å²) in [4.78, 5) is 24.4. The zero-order chi connectivity index (χ0) is 12.1. The Bertz CT molecular complexity index is 273. The fourth-order valence-electron chi connectivity index (χ4n) is 1.63. The second-order valence-corrected chi connectivity index (χ2v) is 3.85. The summed E-state index contributed by atoms with van der Waals surface area (Å²) in [5.41, 5.74) is 0. The molecule has 0 aromatic carbocycles. The number of esters is 1. The minimum absolute atomic E-state index is 0.158. The predicted octanol–water partition coefficient (Wildman–Crippen LogP) is 1.13. The van der Waals surface area contributed by atoms with Gasteiger partial charge in [0.05, 0.1) is 26.4 Å². The number of halogens is 1. The molecule has 0 N–H and O–H groups in total. The lowest BCUT2D eigenvalue weighted by atomic mass is 10.2. The molecule has 1 amide bonds. The van der Waals surface area contributed by atoms with Gasteiger partial charge >= 0.3 is 12.1 Å². The van der Waals surface area contributed by atoms with Gasteiger partial charge in [-0.25, -0.2) is 9.59 Å². The van der Waals surface area contributed by atoms with Crippen LogP contribution in [0, 0.1) is 0 Å². The number of carbonyl (C=O) groups excluding carboxylic acids is 2. The summed E-state index contributed by atoms with van der Waals surface area (Å²) >= 11 is 1.76. The fraction of sp³-hybridized carbons (Fsp3) is 0.778. The lowest BCUT2D eigenvalue weighted by Crippen LogP contribution is -2.41. The normalized spacial score (nSPS) is 24.3. The molecule has 0 bridgehead atoms. The molecule has 6 nitrogen and oxygen atoms in total. The van der Waals surface area contributed by atoms with E-state index in [2.05, 4.69) is 4.74 Å². The summed E-state index contributed by atoms with van der Waals surface area (Å²) in [5, 5.41) is 0. The summed E-state index contributed by atoms with van der Waals surface area (Å²) < 4.78 is 14.6. The summed E-state index contributed by atoms with van der Waals surface area (Å²) in [6.07, 6.45) is -0.225. The molecule has 1 aliphatic heterocycles. The van der Waals surface area contributed by atoms with E-state index >= 15 is 0 Å². The van der Waals surface area contributed by atoms with Crippen LogP contribution >= 0.6 is 23.0 Å². The minimum Gasteiger partial charge on any atom is -0.467 e. The zero-order valence-electron chi connectivity index (χ0n) is 9.14. The monoisotopic (exact) mass is 343 g/mol. The molecule has 0 unspecified atom stereocenters. The van der Waals surface area contributed by atoms with E-state index in [0.29, 0.717) is 13.0 Å². The number of hydrogen-bond donors (Lipinski definition) is 0. The van der Waals surface area contributed by atoms with E-state index in [0.717, 1.165) is 0 Å². The molecule has 0 aliphatic carbocycles. The first-order chi connectivity index (χ1) is 7.63. The Balaban J connectivity index is 2.71. The van der Waals surface area contributed by atoms with Gasteiger partial charge in [0.1, 0.15) is 29.0 Å². The van der Waals surface area contributed by atoms with Crippen molar-refractivity contribution in [3.05, 3.63) is 0 Å². The minimum atomic E-state index is -0.608. The predicted molar refractivity (Wildman–Crippen MR) is 63.0 cm³/mol. The molecule has 0 spiro atoms. The first kappa shape index (κ1) is 13.5. The van der Waals surface area contributed by atoms with Crippen molar-refractivity contribution >= 4 is 35.1 Å². The highest BCUT2D eigenvalue weighted by atomic mass is 127. The quantitative estimate of drug-likeness (QED) is 0.568. The van der Waals surface area contributed by atoms with E-state index in [1.165, 1.54) is 12.0 Å². The maximum Gasteiger partial charge on any atom is 0.410 e. The van der Waals surface area contributed by atoms with Gasteiger partial charge in [0, 0.05) is 6.42 Å². The molecule has 16 heavy (non-hydrogen) atoms. The number of amides is 1. The number of likely N-dealkylation sites (tertiary alicyclic amines) is 1. The molecule has 0 saturated carbocycles. The van der Waals surface area contributed by atoms with Gasteiger partial charge in [-0.15, -0.1) is 0 Å². The first-order valence-electron chi connectivity index (χ1n) is 4.92. The molecule has 0 aromatic heterocycles. The van der Waals surface area contributed by atoms with Gasteiger partial charge in [-0.1, -0.05) is 0 Å². The summed E-state index contributed by atoms with van der Waals surface area (Å²) in [5.74, 6) is -0.441. The topological polar surface area (TPSA) is 65.1 Å². The van der Waals surface area contributed by atoms with E-state index in [-0.39, 0.29) is 12.7 Å². The standard InChI is InChI=1S/C9H14INO5/c1-3-15-9(13)11-5-6(16-10)4-7(11)8(12)14-2/h6-7H,3-5H2,1-2H3/t6-,7+/m1/s1. The number of methoxy groups -OCH3 is 1. The van der Waals surface area contributed by atoms with Gasteiger partial charge in [0.15, 0.2) is 0 Å². The molecular formula is C9H14INO5. The van der Waals surface area contributed by atoms with Crippen LogP contribution in [0.15, 0.2) is 0 Å². The van der Waals surface area contributed by atoms with E-state index in [1.807, 2.05) is 0 Å². The lowest BCUT2D eigenvalue weighted by molar-refractivity contribution is -0.145. The van der Waals surface area contributed by atoms with Crippen LogP contribution in [-0.2, 0) is 17.3 Å². The maximum atomic E-state index is 11.6. The van der Waals surface area contributed by atoms with Crippen LogP contribution in [0.4, 0.5) is 4.79 Å². The van der Waals surface area contributed by atoms with Gasteiger partial charge < -0.3 is 12.5 Å². The van der Waals surface area contributed by atoms with Crippen molar-refractivity contribution in [1.82, 2.24) is 4.90 Å². The Kier molecular flexibility index (Phi) is 5.26. The van der Waals surface area contributed by atoms with Gasteiger partial charge in [-0.3, -0.25) is 4.90 Å². The molecule has 0 radical (unpaired) electrons. The Morgan fingerprint density at radius 1 is 1.50 bits per heavy atom. The third kappa shape index (κ3) is 2.97. The zero-order valence-corrected chi connectivity index (χ0v) is 11.3. The number of carbonyl (C=O) groups is 2. The number of rotatable bonds is 3. The van der Waals surface area contributed by atoms with Crippen molar-refractivity contribution in [1.29, 1.82) is 0 Å². The van der Waals surface area contributed by atoms with Crippen molar-refractivity contribution in [2.75, 3.05) is 20.3 Å². The Morgan fingerprint density at radius 2 is 2.19 bits per heavy atom. The SMILES string of the molecule is CCOC(=O)N1C[C@H](OI)C[C@H]1C(=O)OC. The molecule has 2 atom stereocenters. The number of hydrogen-bond acceptors (Lipinski definition) is 5. The van der Waals surface area contributed by atoms with Crippen LogP contribution in [0.3, 0.4) is 0 Å². The maximum absolute atomic E-state index is 11.6. The van der Waals surface area contributed by atoms with E-state index in [1.54, 1.807) is 29.9 Å². The van der Waals surface area contributed by atoms with Gasteiger partial charge in [0.25, 0.3) is 0 Å². The van der Waals surface area contributed by atoms with Crippen molar-refractivity contribution in [3.63, 3.8) is 0 Å². The molecule has 0 aromatic rings. The average Bonchev–Trinajstić information content (AvgIpc) is 2.72. The largest absolute Gasteiger partial charge is 0.467 e. The first-order valence-corrected chi connectivity index (χ1v) is 5.80. The van der Waals surface area contributed by atoms with E-state index < -0.39 is 18.1 Å². The van der Waals surface area contributed by atoms with Crippen LogP contribution in [0.25, 0.3) is 0 Å². The third-order valence-corrected chi connectivity index (χ3v) is 3.08. The van der Waals surface area contributed by atoms with E-state index in [4.69, 9.17) is 7.80 Å². The second-order valence-electron chi connectivity index (χ2n) is 3.34. The van der Waals surface area contributed by atoms with Crippen LogP contribution in [0.5, 0.6) is 0 Å². The fourth-order valence-corrected chi connectivity index (χ4v) is 2.00. The van der Waals surface area contributed by atoms with Gasteiger partial charge in [0.2, 0.25) is 0 Å². The molecule has 1 aliphatic rings. The van der Waals surface area contributed by atoms with Crippen molar-refractivity contribution in [2.24, 2.45) is 0 Å². The number of nitrogens with zero attached hydrogens (tertiary/aromatic N) is 1. The average molecular weight is 343 g/mol. The molecule has 7 heteroatoms. The van der Waals surface area contributed by atoms with Gasteiger partial charge in [-0.2, -0.15) is 0 Å². The van der Waals surface area contributed by atoms with Crippen LogP contribution in [-0.4, -0.2) is 49.4 Å². The van der Waals surface area contributed by atoms with Crippen LogP contribution < -0.4 is 0 Å². The molecule has 1 heterocycles. The Labute approximate surface area is 108 Å². The molecule has 1 rings (SSSR count). The van der Waals surface area contributed by atoms with Crippen LogP contribution in [0.1, 0.15) is 13.3 Å². The van der Waals surface area contributed by atoms with Crippen molar-refractivity contribution in [3.8, 4) is 0 Å². The highest BCUT2D eigenvalue weighted by molar-refractivity contribution is 14.1. The highest BCUT2D eigenvalue weighted by Crippen LogP contribution is 2.23. The second kappa shape index (κ2) is 6.24. The van der Waals surface area contributed by atoms with Crippen molar-refractivity contribution in [2.45, 2.75) is 25.5 Å². The summed E-state index contributed by atoms with van der Waals surface area (Å²) in [6.45, 7) is 2.34. The number of ether oxygens (including phenoxy) is 2. The summed E-state index contributed by atoms with van der Waals surface area (Å²) in [7, 11) is 1.30. The molecular weight excluding hydrogens is 329 g/mol. The third-order valence-electron chi connectivity index (χ3n) is 2.36. The molecule has 1 saturated heterocycles. The lowest BCUT2D eigenvalue weighted by Gasteiger charge is -2.21. The molecule has 1 fully saturated rings.